The highest BCUT2D eigenvalue weighted by molar-refractivity contribution is 5.62. The maximum Gasteiger partial charge on any atom is 0.224 e. The molecular weight excluding hydrogens is 146 g/mol. The lowest BCUT2D eigenvalue weighted by Gasteiger charge is -1.86. The van der Waals surface area contributed by atoms with E-state index >= 15 is 0 Å². The van der Waals surface area contributed by atoms with Gasteiger partial charge in [0.25, 0.3) is 0 Å². The number of H-pyrrole nitrogens is 2. The van der Waals surface area contributed by atoms with Gasteiger partial charge in [-0.3, -0.25) is 0 Å². The molecule has 0 spiro atoms. The second-order valence-electron chi connectivity index (χ2n) is 1.90. The first-order chi connectivity index (χ1) is 5.38. The van der Waals surface area contributed by atoms with Crippen molar-refractivity contribution < 1.29 is 0 Å². The highest BCUT2D eigenvalue weighted by Crippen LogP contribution is 2.14. The monoisotopic (exact) mass is 151 g/mol. The Labute approximate surface area is 61.0 Å². The van der Waals surface area contributed by atoms with E-state index in [4.69, 9.17) is 5.73 Å². The minimum atomic E-state index is 0.367. The van der Waals surface area contributed by atoms with Crippen LogP contribution in [0.2, 0.25) is 0 Å². The number of aromatic nitrogens is 6. The molecule has 0 aliphatic carbocycles. The molecule has 4 N–H and O–H groups in total. The second kappa shape index (κ2) is 2.04. The van der Waals surface area contributed by atoms with Crippen LogP contribution in [-0.2, 0) is 0 Å². The average Bonchev–Trinajstić information content (AvgIpc) is 2.55. The summed E-state index contributed by atoms with van der Waals surface area (Å²) in [6.07, 6.45) is 1.47. The minimum Gasteiger partial charge on any atom is -0.382 e. The van der Waals surface area contributed by atoms with Crippen LogP contribution < -0.4 is 5.73 Å². The third kappa shape index (κ3) is 0.820. The molecule has 0 saturated heterocycles. The Morgan fingerprint density at radius 1 is 1.45 bits per heavy atom. The number of nitrogens with zero attached hydrogens (tertiary/aromatic N) is 4. The van der Waals surface area contributed by atoms with Gasteiger partial charge in [-0.05, 0) is 5.21 Å². The van der Waals surface area contributed by atoms with E-state index in [-0.39, 0.29) is 0 Å². The van der Waals surface area contributed by atoms with Gasteiger partial charge in [0.2, 0.25) is 5.82 Å². The molecule has 0 bridgehead atoms. The Hall–Kier alpha value is -1.92. The van der Waals surface area contributed by atoms with E-state index in [0.717, 1.165) is 0 Å². The van der Waals surface area contributed by atoms with Crippen molar-refractivity contribution in [1.82, 2.24) is 30.6 Å². The largest absolute Gasteiger partial charge is 0.382 e. The van der Waals surface area contributed by atoms with E-state index in [2.05, 4.69) is 30.6 Å². The zero-order chi connectivity index (χ0) is 7.68. The summed E-state index contributed by atoms with van der Waals surface area (Å²) in [4.78, 5) is 6.56. The summed E-state index contributed by atoms with van der Waals surface area (Å²) < 4.78 is 0. The van der Waals surface area contributed by atoms with Crippen LogP contribution in [0.4, 0.5) is 5.82 Å². The summed E-state index contributed by atoms with van der Waals surface area (Å²) in [7, 11) is 0. The van der Waals surface area contributed by atoms with Crippen molar-refractivity contribution in [1.29, 1.82) is 0 Å². The van der Waals surface area contributed by atoms with Crippen molar-refractivity contribution in [2.75, 3.05) is 5.73 Å². The van der Waals surface area contributed by atoms with Gasteiger partial charge in [0, 0.05) is 0 Å². The van der Waals surface area contributed by atoms with E-state index in [9.17, 15) is 0 Å². The summed E-state index contributed by atoms with van der Waals surface area (Å²) in [6, 6.07) is 0. The fourth-order valence-electron chi connectivity index (χ4n) is 0.752. The maximum absolute atomic E-state index is 5.47. The van der Waals surface area contributed by atoms with Crippen LogP contribution in [0.5, 0.6) is 0 Å². The van der Waals surface area contributed by atoms with Gasteiger partial charge >= 0.3 is 0 Å². The van der Waals surface area contributed by atoms with E-state index in [1.165, 1.54) is 6.33 Å². The van der Waals surface area contributed by atoms with Crippen LogP contribution in [-0.4, -0.2) is 30.6 Å². The van der Waals surface area contributed by atoms with E-state index in [0.29, 0.717) is 17.3 Å². The van der Waals surface area contributed by atoms with Crippen molar-refractivity contribution in [2.24, 2.45) is 0 Å². The standard InChI is InChI=1S/C4H5N7/c5-3-2(6-1-7-3)4-8-10-11-9-4/h1H,5H2,(H,6,7)(H,8,9,10,11). The van der Waals surface area contributed by atoms with Gasteiger partial charge in [-0.15, -0.1) is 10.2 Å². The van der Waals surface area contributed by atoms with Crippen molar-refractivity contribution in [3.63, 3.8) is 0 Å². The number of nitrogens with one attached hydrogen (secondary N) is 2. The first kappa shape index (κ1) is 5.83. The van der Waals surface area contributed by atoms with Gasteiger partial charge in [0.15, 0.2) is 5.82 Å². The molecule has 0 fully saturated rings. The molecule has 11 heavy (non-hydrogen) atoms. The number of rotatable bonds is 1. The molecule has 0 amide bonds. The molecular formula is C4H5N7. The first-order valence-corrected chi connectivity index (χ1v) is 2.90. The first-order valence-electron chi connectivity index (χ1n) is 2.90. The molecule has 0 atom stereocenters. The highest BCUT2D eigenvalue weighted by Gasteiger charge is 2.07. The van der Waals surface area contributed by atoms with Crippen LogP contribution in [0.15, 0.2) is 6.33 Å². The van der Waals surface area contributed by atoms with E-state index in [1.807, 2.05) is 0 Å². The zero-order valence-corrected chi connectivity index (χ0v) is 5.44. The molecule has 7 nitrogen and oxygen atoms in total. The van der Waals surface area contributed by atoms with Gasteiger partial charge in [-0.25, -0.2) is 4.98 Å². The van der Waals surface area contributed by atoms with Gasteiger partial charge in [0.1, 0.15) is 5.69 Å². The van der Waals surface area contributed by atoms with E-state index in [1.54, 1.807) is 0 Å². The molecule has 0 aliphatic heterocycles. The van der Waals surface area contributed by atoms with Gasteiger partial charge in [-0.1, -0.05) is 0 Å². The fraction of sp³-hybridized carbons (Fsp3) is 0. The summed E-state index contributed by atoms with van der Waals surface area (Å²) in [5.74, 6) is 0.784. The third-order valence-electron chi connectivity index (χ3n) is 1.24. The molecule has 0 aromatic carbocycles. The number of imidazole rings is 1. The molecule has 2 aromatic heterocycles. The molecule has 56 valence electrons. The van der Waals surface area contributed by atoms with E-state index < -0.39 is 0 Å². The Bertz CT molecular complexity index is 333. The Kier molecular flexibility index (Phi) is 1.08. The van der Waals surface area contributed by atoms with Crippen LogP contribution in [0.3, 0.4) is 0 Å². The zero-order valence-electron chi connectivity index (χ0n) is 5.44. The number of hydrogen-bond donors (Lipinski definition) is 3. The number of tetrazole rings is 1. The molecule has 2 rings (SSSR count). The molecule has 0 saturated carbocycles. The maximum atomic E-state index is 5.47. The lowest BCUT2D eigenvalue weighted by Crippen LogP contribution is -1.89. The van der Waals surface area contributed by atoms with Crippen LogP contribution in [0, 0.1) is 0 Å². The Morgan fingerprint density at radius 3 is 2.91 bits per heavy atom. The van der Waals surface area contributed by atoms with Crippen molar-refractivity contribution in [3.8, 4) is 11.5 Å². The SMILES string of the molecule is Nc1nc[nH]c1-c1nn[nH]n1. The van der Waals surface area contributed by atoms with Gasteiger partial charge in [-0.2, -0.15) is 5.21 Å². The molecule has 0 radical (unpaired) electrons. The second-order valence-corrected chi connectivity index (χ2v) is 1.90. The highest BCUT2D eigenvalue weighted by atomic mass is 15.5. The summed E-state index contributed by atoms with van der Waals surface area (Å²) in [5, 5.41) is 13.1. The topological polar surface area (TPSA) is 109 Å². The summed E-state index contributed by atoms with van der Waals surface area (Å²) in [6.45, 7) is 0. The number of anilines is 1. The molecule has 0 aliphatic rings. The molecule has 2 heterocycles. The predicted molar refractivity (Wildman–Crippen MR) is 36.2 cm³/mol. The third-order valence-corrected chi connectivity index (χ3v) is 1.24. The average molecular weight is 151 g/mol. The van der Waals surface area contributed by atoms with Gasteiger partial charge in [0.05, 0.1) is 6.33 Å². The molecule has 0 unspecified atom stereocenters. The number of hydrogen-bond acceptors (Lipinski definition) is 5. The van der Waals surface area contributed by atoms with Crippen LogP contribution >= 0.6 is 0 Å². The van der Waals surface area contributed by atoms with Crippen molar-refractivity contribution in [2.45, 2.75) is 0 Å². The Balaban J connectivity index is 2.53. The normalized spacial score (nSPS) is 10.2. The number of aromatic amines is 2. The van der Waals surface area contributed by atoms with Crippen LogP contribution in [0.25, 0.3) is 11.5 Å². The fourth-order valence-corrected chi connectivity index (χ4v) is 0.752. The number of nitrogen functional groups attached to an aromatic ring is 1. The summed E-state index contributed by atoms with van der Waals surface area (Å²) in [5.41, 5.74) is 6.05. The lowest BCUT2D eigenvalue weighted by molar-refractivity contribution is 0.881. The van der Waals surface area contributed by atoms with Crippen molar-refractivity contribution >= 4 is 5.82 Å². The van der Waals surface area contributed by atoms with Crippen molar-refractivity contribution in [3.05, 3.63) is 6.33 Å². The smallest absolute Gasteiger partial charge is 0.224 e. The minimum absolute atomic E-state index is 0.367. The van der Waals surface area contributed by atoms with Gasteiger partial charge < -0.3 is 10.7 Å². The lowest BCUT2D eigenvalue weighted by atomic mass is 10.4. The van der Waals surface area contributed by atoms with Crippen LogP contribution in [0.1, 0.15) is 0 Å². The predicted octanol–water partition coefficient (Wildman–Crippen LogP) is -0.828. The number of nitrogens with two attached hydrogens (primary N) is 1. The quantitative estimate of drug-likeness (QED) is 0.493. The molecule has 2 aromatic rings. The summed E-state index contributed by atoms with van der Waals surface area (Å²) >= 11 is 0. The molecule has 7 heteroatoms. The Morgan fingerprint density at radius 2 is 2.36 bits per heavy atom.